The van der Waals surface area contributed by atoms with Crippen molar-refractivity contribution in [3.8, 4) is 11.5 Å². The molecular formula is C18H15NO7. The van der Waals surface area contributed by atoms with Crippen LogP contribution in [0.3, 0.4) is 0 Å². The van der Waals surface area contributed by atoms with Gasteiger partial charge in [-0.1, -0.05) is 18.2 Å². The van der Waals surface area contributed by atoms with Crippen LogP contribution < -0.4 is 9.47 Å². The second-order valence-corrected chi connectivity index (χ2v) is 5.65. The zero-order valence-electron chi connectivity index (χ0n) is 14.0. The number of non-ortho nitro benzene ring substituents is 1. The highest BCUT2D eigenvalue weighted by Gasteiger charge is 2.44. The Bertz CT molecular complexity index is 876. The molecule has 0 aliphatic carbocycles. The SMILES string of the molecule is COC(=O)[C@@H]1C(=O)Oc2cc(OC)ccc2[C@H]1c1ccc([N+](=O)[O-])cc1. The summed E-state index contributed by atoms with van der Waals surface area (Å²) in [6.07, 6.45) is 0. The van der Waals surface area contributed by atoms with Crippen LogP contribution >= 0.6 is 0 Å². The van der Waals surface area contributed by atoms with Crippen LogP contribution in [0, 0.1) is 16.0 Å². The average Bonchev–Trinajstić information content (AvgIpc) is 2.65. The average molecular weight is 357 g/mol. The van der Waals surface area contributed by atoms with Crippen LogP contribution in [0.25, 0.3) is 0 Å². The first-order chi connectivity index (χ1) is 12.5. The molecule has 0 unspecified atom stereocenters. The number of methoxy groups -OCH3 is 2. The Morgan fingerprint density at radius 1 is 1.15 bits per heavy atom. The molecular weight excluding hydrogens is 342 g/mol. The van der Waals surface area contributed by atoms with E-state index in [9.17, 15) is 19.7 Å². The molecule has 26 heavy (non-hydrogen) atoms. The summed E-state index contributed by atoms with van der Waals surface area (Å²) >= 11 is 0. The summed E-state index contributed by atoms with van der Waals surface area (Å²) in [5.41, 5.74) is 1.07. The van der Waals surface area contributed by atoms with E-state index < -0.39 is 28.7 Å². The molecule has 2 aromatic carbocycles. The van der Waals surface area contributed by atoms with E-state index in [1.54, 1.807) is 18.2 Å². The Balaban J connectivity index is 2.14. The quantitative estimate of drug-likeness (QED) is 0.272. The van der Waals surface area contributed by atoms with Crippen molar-refractivity contribution in [3.63, 3.8) is 0 Å². The minimum absolute atomic E-state index is 0.0864. The van der Waals surface area contributed by atoms with Crippen LogP contribution in [-0.4, -0.2) is 31.1 Å². The van der Waals surface area contributed by atoms with Gasteiger partial charge < -0.3 is 14.2 Å². The third-order valence-corrected chi connectivity index (χ3v) is 4.27. The molecule has 0 amide bonds. The number of rotatable bonds is 4. The molecule has 3 rings (SSSR count). The lowest BCUT2D eigenvalue weighted by Gasteiger charge is -2.30. The number of nitro groups is 1. The highest BCUT2D eigenvalue weighted by Crippen LogP contribution is 2.44. The van der Waals surface area contributed by atoms with Gasteiger partial charge in [-0.3, -0.25) is 19.7 Å². The van der Waals surface area contributed by atoms with Gasteiger partial charge in [-0.25, -0.2) is 0 Å². The number of hydrogen-bond acceptors (Lipinski definition) is 7. The molecule has 0 N–H and O–H groups in total. The summed E-state index contributed by atoms with van der Waals surface area (Å²) in [4.78, 5) is 35.0. The first-order valence-electron chi connectivity index (χ1n) is 7.68. The summed E-state index contributed by atoms with van der Waals surface area (Å²) in [5.74, 6) is -2.61. The van der Waals surface area contributed by atoms with Gasteiger partial charge in [0, 0.05) is 29.7 Å². The highest BCUT2D eigenvalue weighted by atomic mass is 16.6. The molecule has 134 valence electrons. The van der Waals surface area contributed by atoms with Gasteiger partial charge in [-0.2, -0.15) is 0 Å². The van der Waals surface area contributed by atoms with Crippen LogP contribution in [0.5, 0.6) is 11.5 Å². The van der Waals surface area contributed by atoms with E-state index in [1.807, 2.05) is 0 Å². The molecule has 8 nitrogen and oxygen atoms in total. The molecule has 1 aliphatic rings. The van der Waals surface area contributed by atoms with Crippen molar-refractivity contribution in [2.45, 2.75) is 5.92 Å². The zero-order chi connectivity index (χ0) is 18.8. The number of hydrogen-bond donors (Lipinski definition) is 0. The number of nitrogens with zero attached hydrogens (tertiary/aromatic N) is 1. The van der Waals surface area contributed by atoms with Crippen LogP contribution in [-0.2, 0) is 14.3 Å². The molecule has 2 atom stereocenters. The maximum absolute atomic E-state index is 12.4. The topological polar surface area (TPSA) is 105 Å². The standard InChI is InChI=1S/C18H15NO7/c1-24-12-7-8-13-14(9-12)26-18(21)16(17(20)25-2)15(13)10-3-5-11(6-4-10)19(22)23/h3-9,15-16H,1-2H3/t15-,16-/m1/s1. The molecule has 0 saturated carbocycles. The molecule has 1 heterocycles. The third kappa shape index (κ3) is 2.97. The number of ether oxygens (including phenoxy) is 3. The molecule has 0 bridgehead atoms. The first kappa shape index (κ1) is 17.4. The predicted octanol–water partition coefficient (Wildman–Crippen LogP) is 2.44. The molecule has 8 heteroatoms. The zero-order valence-corrected chi connectivity index (χ0v) is 14.0. The van der Waals surface area contributed by atoms with Crippen molar-refractivity contribution in [1.29, 1.82) is 0 Å². The van der Waals surface area contributed by atoms with E-state index in [0.29, 0.717) is 16.9 Å². The van der Waals surface area contributed by atoms with Crippen LogP contribution in [0.15, 0.2) is 42.5 Å². The van der Waals surface area contributed by atoms with E-state index >= 15 is 0 Å². The largest absolute Gasteiger partial charge is 0.497 e. The number of nitro benzene ring substituents is 1. The van der Waals surface area contributed by atoms with Gasteiger partial charge in [0.25, 0.3) is 5.69 Å². The van der Waals surface area contributed by atoms with Gasteiger partial charge >= 0.3 is 11.9 Å². The maximum atomic E-state index is 12.4. The minimum Gasteiger partial charge on any atom is -0.497 e. The lowest BCUT2D eigenvalue weighted by molar-refractivity contribution is -0.384. The highest BCUT2D eigenvalue weighted by molar-refractivity contribution is 5.99. The lowest BCUT2D eigenvalue weighted by Crippen LogP contribution is -2.38. The summed E-state index contributed by atoms with van der Waals surface area (Å²) in [6.45, 7) is 0. The normalized spacial score (nSPS) is 18.5. The Morgan fingerprint density at radius 2 is 1.85 bits per heavy atom. The summed E-state index contributed by atoms with van der Waals surface area (Å²) in [6, 6.07) is 10.6. The number of fused-ring (bicyclic) bond motifs is 1. The Labute approximate surface area is 148 Å². The van der Waals surface area contributed by atoms with Crippen LogP contribution in [0.1, 0.15) is 17.0 Å². The Hall–Kier alpha value is -3.42. The second kappa shape index (κ2) is 6.83. The fourth-order valence-electron chi connectivity index (χ4n) is 3.01. The van der Waals surface area contributed by atoms with Gasteiger partial charge in [0.15, 0.2) is 5.92 Å². The molecule has 0 radical (unpaired) electrons. The summed E-state index contributed by atoms with van der Waals surface area (Å²) in [7, 11) is 2.67. The maximum Gasteiger partial charge on any atom is 0.326 e. The van der Waals surface area contributed by atoms with E-state index in [0.717, 1.165) is 0 Å². The molecule has 0 spiro atoms. The van der Waals surface area contributed by atoms with Crippen molar-refractivity contribution < 1.29 is 28.7 Å². The van der Waals surface area contributed by atoms with Crippen LogP contribution in [0.4, 0.5) is 5.69 Å². The smallest absolute Gasteiger partial charge is 0.326 e. The van der Waals surface area contributed by atoms with E-state index in [4.69, 9.17) is 14.2 Å². The predicted molar refractivity (Wildman–Crippen MR) is 89.1 cm³/mol. The van der Waals surface area contributed by atoms with Crippen molar-refractivity contribution in [2.24, 2.45) is 5.92 Å². The number of benzene rings is 2. The Morgan fingerprint density at radius 3 is 2.42 bits per heavy atom. The monoisotopic (exact) mass is 357 g/mol. The number of carbonyl (C=O) groups is 2. The van der Waals surface area contributed by atoms with E-state index in [1.165, 1.54) is 38.5 Å². The van der Waals surface area contributed by atoms with Crippen molar-refractivity contribution in [3.05, 3.63) is 63.7 Å². The fraction of sp³-hybridized carbons (Fsp3) is 0.222. The van der Waals surface area contributed by atoms with E-state index in [2.05, 4.69) is 0 Å². The fourth-order valence-corrected chi connectivity index (χ4v) is 3.01. The van der Waals surface area contributed by atoms with Gasteiger partial charge in [0.1, 0.15) is 11.5 Å². The second-order valence-electron chi connectivity index (χ2n) is 5.65. The molecule has 1 aliphatic heterocycles. The Kier molecular flexibility index (Phi) is 4.57. The van der Waals surface area contributed by atoms with Gasteiger partial charge in [-0.05, 0) is 11.6 Å². The minimum atomic E-state index is -1.21. The van der Waals surface area contributed by atoms with Crippen molar-refractivity contribution >= 4 is 17.6 Å². The first-order valence-corrected chi connectivity index (χ1v) is 7.68. The summed E-state index contributed by atoms with van der Waals surface area (Å²) < 4.78 is 15.2. The van der Waals surface area contributed by atoms with Gasteiger partial charge in [-0.15, -0.1) is 0 Å². The van der Waals surface area contributed by atoms with Crippen molar-refractivity contribution in [2.75, 3.05) is 14.2 Å². The summed E-state index contributed by atoms with van der Waals surface area (Å²) in [5, 5.41) is 10.9. The van der Waals surface area contributed by atoms with Crippen LogP contribution in [0.2, 0.25) is 0 Å². The molecule has 0 saturated heterocycles. The number of esters is 2. The molecule has 0 aromatic heterocycles. The van der Waals surface area contributed by atoms with Crippen molar-refractivity contribution in [1.82, 2.24) is 0 Å². The molecule has 0 fully saturated rings. The van der Waals surface area contributed by atoms with Gasteiger partial charge in [0.05, 0.1) is 19.1 Å². The number of carbonyl (C=O) groups excluding carboxylic acids is 2. The third-order valence-electron chi connectivity index (χ3n) is 4.27. The molecule has 2 aromatic rings. The lowest BCUT2D eigenvalue weighted by atomic mass is 9.78. The van der Waals surface area contributed by atoms with E-state index in [-0.39, 0.29) is 11.4 Å². The van der Waals surface area contributed by atoms with Gasteiger partial charge in [0.2, 0.25) is 0 Å².